The maximum atomic E-state index is 15.5. The molecule has 53 heavy (non-hydrogen) atoms. The number of hydrogen-bond acceptors (Lipinski definition) is 10. The number of piperidine rings is 1. The first-order valence-corrected chi connectivity index (χ1v) is 17.7. The smallest absolute Gasteiger partial charge is 0.286 e. The Labute approximate surface area is 307 Å². The van der Waals surface area contributed by atoms with Gasteiger partial charge in [-0.25, -0.2) is 8.78 Å². The van der Waals surface area contributed by atoms with Crippen molar-refractivity contribution < 1.29 is 37.4 Å². The first-order valence-electron chi connectivity index (χ1n) is 16.9. The number of carbonyl (C=O) groups excluding carboxylic acids is 4. The van der Waals surface area contributed by atoms with Crippen molar-refractivity contribution in [3.8, 4) is 22.6 Å². The number of amides is 4. The van der Waals surface area contributed by atoms with Crippen molar-refractivity contribution >= 4 is 50.7 Å². The number of methoxy groups -OCH3 is 2. The fourth-order valence-corrected chi connectivity index (χ4v) is 8.36. The summed E-state index contributed by atoms with van der Waals surface area (Å²) in [7, 11) is 8.57. The van der Waals surface area contributed by atoms with Crippen LogP contribution >= 0.6 is 11.3 Å². The van der Waals surface area contributed by atoms with Crippen LogP contribution in [0.3, 0.4) is 0 Å². The van der Waals surface area contributed by atoms with Crippen molar-refractivity contribution in [2.24, 2.45) is 7.05 Å². The van der Waals surface area contributed by atoms with E-state index in [0.29, 0.717) is 50.7 Å². The van der Waals surface area contributed by atoms with E-state index >= 15 is 8.78 Å². The predicted molar refractivity (Wildman–Crippen MR) is 194 cm³/mol. The number of thiophene rings is 1. The standard InChI is InChI=1S/C37H38F2N6O7S/c1-42(2)15-25-27(51-4)10-20(11-28(25)52-5)24-16-43(3)35(49)23-13-29(53-32(23)24)34(48)40-30-17-44(18-37(30,38)39)21-7-6-19-14-45(36(50)22(19)12-21)26-8-9-31(46)41-33(26)47/h6-7,10-13,16,26,30H,8-9,14-15,17-18H2,1-5H3,(H,40,48)(H,41,46,47). The Morgan fingerprint density at radius 1 is 1.06 bits per heavy atom. The van der Waals surface area contributed by atoms with Gasteiger partial charge in [-0.2, -0.15) is 0 Å². The second-order valence-electron chi connectivity index (χ2n) is 13.8. The van der Waals surface area contributed by atoms with Gasteiger partial charge in [0.2, 0.25) is 11.8 Å². The number of ether oxygens (including phenoxy) is 2. The molecule has 2 aromatic carbocycles. The minimum absolute atomic E-state index is 0.0960. The lowest BCUT2D eigenvalue weighted by Crippen LogP contribution is -2.52. The van der Waals surface area contributed by atoms with Crippen LogP contribution in [0.4, 0.5) is 14.5 Å². The van der Waals surface area contributed by atoms with Gasteiger partial charge in [0.25, 0.3) is 23.3 Å². The zero-order valence-electron chi connectivity index (χ0n) is 29.7. The number of aryl methyl sites for hydroxylation is 1. The van der Waals surface area contributed by atoms with Gasteiger partial charge in [0.1, 0.15) is 23.6 Å². The van der Waals surface area contributed by atoms with Crippen molar-refractivity contribution in [3.63, 3.8) is 0 Å². The van der Waals surface area contributed by atoms with Crippen LogP contribution in [-0.2, 0) is 29.7 Å². The van der Waals surface area contributed by atoms with Crippen molar-refractivity contribution in [1.82, 2.24) is 25.0 Å². The summed E-state index contributed by atoms with van der Waals surface area (Å²) in [5, 5.41) is 5.03. The highest BCUT2D eigenvalue weighted by molar-refractivity contribution is 7.21. The molecule has 2 aromatic heterocycles. The fourth-order valence-electron chi connectivity index (χ4n) is 7.28. The third-order valence-electron chi connectivity index (χ3n) is 9.96. The molecule has 2 atom stereocenters. The molecule has 0 bridgehead atoms. The minimum atomic E-state index is -3.32. The number of fused-ring (bicyclic) bond motifs is 2. The van der Waals surface area contributed by atoms with Gasteiger partial charge in [0, 0.05) is 60.8 Å². The molecule has 2 N–H and O–H groups in total. The summed E-state index contributed by atoms with van der Waals surface area (Å²) < 4.78 is 44.4. The number of anilines is 1. The predicted octanol–water partition coefficient (Wildman–Crippen LogP) is 3.36. The van der Waals surface area contributed by atoms with Crippen molar-refractivity contribution in [2.75, 3.05) is 46.3 Å². The SMILES string of the molecule is COc1cc(-c2cn(C)c(=O)c3cc(C(=O)NC4CN(c5ccc6c(c5)C(=O)N(C5CCC(=O)NC5=O)C6)CC4(F)F)sc23)cc(OC)c1CN(C)C. The molecule has 0 radical (unpaired) electrons. The van der Waals surface area contributed by atoms with Crippen LogP contribution < -0.4 is 30.6 Å². The summed E-state index contributed by atoms with van der Waals surface area (Å²) in [4.78, 5) is 69.1. The molecule has 3 aliphatic heterocycles. The second-order valence-corrected chi connectivity index (χ2v) is 14.9. The molecule has 0 spiro atoms. The van der Waals surface area contributed by atoms with Crippen molar-refractivity contribution in [1.29, 1.82) is 0 Å². The number of nitrogens with zero attached hydrogens (tertiary/aromatic N) is 4. The summed E-state index contributed by atoms with van der Waals surface area (Å²) in [6, 6.07) is 7.60. The quantitative estimate of drug-likeness (QED) is 0.247. The Morgan fingerprint density at radius 2 is 1.77 bits per heavy atom. The first kappa shape index (κ1) is 36.0. The first-order chi connectivity index (χ1) is 25.2. The lowest BCUT2D eigenvalue weighted by molar-refractivity contribution is -0.136. The van der Waals surface area contributed by atoms with Crippen LogP contribution in [0.5, 0.6) is 11.5 Å². The average molecular weight is 749 g/mol. The van der Waals surface area contributed by atoms with Crippen LogP contribution in [0, 0.1) is 0 Å². The lowest BCUT2D eigenvalue weighted by Gasteiger charge is -2.29. The molecule has 13 nitrogen and oxygen atoms in total. The largest absolute Gasteiger partial charge is 0.496 e. The van der Waals surface area contributed by atoms with E-state index in [1.165, 1.54) is 26.5 Å². The molecule has 16 heteroatoms. The molecule has 3 aliphatic rings. The van der Waals surface area contributed by atoms with E-state index in [9.17, 15) is 24.0 Å². The monoisotopic (exact) mass is 748 g/mol. The number of halogens is 2. The average Bonchev–Trinajstić information content (AvgIpc) is 3.79. The van der Waals surface area contributed by atoms with E-state index < -0.39 is 42.3 Å². The molecule has 0 aliphatic carbocycles. The molecule has 5 heterocycles. The van der Waals surface area contributed by atoms with Gasteiger partial charge < -0.3 is 34.1 Å². The van der Waals surface area contributed by atoms with Crippen LogP contribution in [-0.4, -0.2) is 97.4 Å². The van der Waals surface area contributed by atoms with E-state index in [4.69, 9.17) is 9.47 Å². The number of nitrogens with one attached hydrogen (secondary N) is 2. The highest BCUT2D eigenvalue weighted by atomic mass is 32.1. The van der Waals surface area contributed by atoms with Gasteiger partial charge >= 0.3 is 0 Å². The third kappa shape index (κ3) is 6.50. The molecule has 2 unspecified atom stereocenters. The summed E-state index contributed by atoms with van der Waals surface area (Å²) in [6.07, 6.45) is 1.99. The second kappa shape index (κ2) is 13.6. The van der Waals surface area contributed by atoms with Crippen LogP contribution in [0.15, 0.2) is 47.4 Å². The van der Waals surface area contributed by atoms with Crippen molar-refractivity contribution in [3.05, 3.63) is 74.5 Å². The Kier molecular flexibility index (Phi) is 9.22. The Bertz CT molecular complexity index is 2230. The van der Waals surface area contributed by atoms with E-state index in [1.807, 2.05) is 31.1 Å². The number of hydrogen-bond donors (Lipinski definition) is 2. The van der Waals surface area contributed by atoms with E-state index in [0.717, 1.165) is 16.9 Å². The number of aromatic nitrogens is 1. The summed E-state index contributed by atoms with van der Waals surface area (Å²) in [5.41, 5.74) is 3.13. The van der Waals surface area contributed by atoms with Gasteiger partial charge in [0.15, 0.2) is 0 Å². The molecule has 2 saturated heterocycles. The highest BCUT2D eigenvalue weighted by Crippen LogP contribution is 2.40. The number of rotatable bonds is 9. The summed E-state index contributed by atoms with van der Waals surface area (Å²) in [5.74, 6) is -4.25. The normalized spacial score (nSPS) is 19.6. The van der Waals surface area contributed by atoms with Crippen LogP contribution in [0.1, 0.15) is 44.0 Å². The number of benzene rings is 2. The molecule has 2 fully saturated rings. The summed E-state index contributed by atoms with van der Waals surface area (Å²) in [6.45, 7) is -0.222. The van der Waals surface area contributed by atoms with Gasteiger partial charge in [0.05, 0.1) is 36.6 Å². The Hall–Kier alpha value is -5.35. The molecule has 278 valence electrons. The van der Waals surface area contributed by atoms with Gasteiger partial charge in [-0.3, -0.25) is 29.3 Å². The van der Waals surface area contributed by atoms with E-state index in [-0.39, 0.29) is 47.7 Å². The number of alkyl halides is 2. The van der Waals surface area contributed by atoms with Crippen molar-refractivity contribution in [2.45, 2.75) is 43.9 Å². The number of pyridine rings is 1. The lowest BCUT2D eigenvalue weighted by atomic mass is 10.0. The molecular weight excluding hydrogens is 711 g/mol. The molecule has 4 amide bonds. The van der Waals surface area contributed by atoms with Crippen LogP contribution in [0.2, 0.25) is 0 Å². The third-order valence-corrected chi connectivity index (χ3v) is 11.1. The fraction of sp³-hybridized carbons (Fsp3) is 0.378. The molecular formula is C37H38F2N6O7S. The van der Waals surface area contributed by atoms with E-state index in [2.05, 4.69) is 10.6 Å². The zero-order chi connectivity index (χ0) is 37.9. The Balaban J connectivity index is 1.13. The topological polar surface area (TPSA) is 143 Å². The van der Waals surface area contributed by atoms with Crippen LogP contribution in [0.25, 0.3) is 21.2 Å². The maximum absolute atomic E-state index is 15.5. The molecule has 4 aromatic rings. The number of carbonyl (C=O) groups is 4. The Morgan fingerprint density at radius 3 is 2.43 bits per heavy atom. The molecule has 7 rings (SSSR count). The minimum Gasteiger partial charge on any atom is -0.496 e. The molecule has 0 saturated carbocycles. The van der Waals surface area contributed by atoms with Gasteiger partial charge in [-0.05, 0) is 62.0 Å². The number of imide groups is 1. The maximum Gasteiger partial charge on any atom is 0.286 e. The van der Waals surface area contributed by atoms with Gasteiger partial charge in [-0.1, -0.05) is 6.07 Å². The highest BCUT2D eigenvalue weighted by Gasteiger charge is 2.49. The van der Waals surface area contributed by atoms with E-state index in [1.54, 1.807) is 39.6 Å². The summed E-state index contributed by atoms with van der Waals surface area (Å²) >= 11 is 1.04. The zero-order valence-corrected chi connectivity index (χ0v) is 30.6. The van der Waals surface area contributed by atoms with Gasteiger partial charge in [-0.15, -0.1) is 11.3 Å².